The van der Waals surface area contributed by atoms with E-state index in [-0.39, 0.29) is 24.3 Å². The number of imide groups is 1. The van der Waals surface area contributed by atoms with Crippen LogP contribution in [0.2, 0.25) is 0 Å². The van der Waals surface area contributed by atoms with Crippen LogP contribution in [0, 0.1) is 0 Å². The molecule has 168 valence electrons. The van der Waals surface area contributed by atoms with E-state index in [1.165, 1.54) is 4.90 Å². The zero-order chi connectivity index (χ0) is 23.5. The van der Waals surface area contributed by atoms with Gasteiger partial charge in [-0.1, -0.05) is 48.5 Å². The van der Waals surface area contributed by atoms with Crippen molar-refractivity contribution in [3.8, 4) is 0 Å². The monoisotopic (exact) mass is 450 g/mol. The van der Waals surface area contributed by atoms with Gasteiger partial charge >= 0.3 is 0 Å². The summed E-state index contributed by atoms with van der Waals surface area (Å²) < 4.78 is 1.98. The minimum Gasteiger partial charge on any atom is -0.348 e. The van der Waals surface area contributed by atoms with Gasteiger partial charge in [0, 0.05) is 31.0 Å². The average molecular weight is 450 g/mol. The summed E-state index contributed by atoms with van der Waals surface area (Å²) in [6.07, 6.45) is 5.42. The Morgan fingerprint density at radius 2 is 1.47 bits per heavy atom. The minimum absolute atomic E-state index is 0.115. The van der Waals surface area contributed by atoms with Crippen molar-refractivity contribution in [2.24, 2.45) is 0 Å². The summed E-state index contributed by atoms with van der Waals surface area (Å²) in [7, 11) is 0. The first-order chi connectivity index (χ1) is 16.6. The molecular formula is C27H22N4O3. The van der Waals surface area contributed by atoms with Gasteiger partial charge in [-0.25, -0.2) is 4.98 Å². The van der Waals surface area contributed by atoms with Crippen molar-refractivity contribution in [1.29, 1.82) is 0 Å². The maximum atomic E-state index is 12.8. The number of benzene rings is 3. The van der Waals surface area contributed by atoms with Crippen LogP contribution in [0.15, 0.2) is 91.5 Å². The van der Waals surface area contributed by atoms with Crippen LogP contribution in [0.25, 0.3) is 0 Å². The van der Waals surface area contributed by atoms with Crippen molar-refractivity contribution in [2.75, 3.05) is 0 Å². The van der Waals surface area contributed by atoms with E-state index in [0.717, 1.165) is 11.1 Å². The molecule has 0 unspecified atom stereocenters. The molecular weight excluding hydrogens is 428 g/mol. The van der Waals surface area contributed by atoms with Gasteiger partial charge in [-0.3, -0.25) is 19.3 Å². The fraction of sp³-hybridized carbons (Fsp3) is 0.111. The third-order valence-corrected chi connectivity index (χ3v) is 5.78. The molecule has 34 heavy (non-hydrogen) atoms. The number of imidazole rings is 1. The minimum atomic E-state index is -0.314. The fourth-order valence-corrected chi connectivity index (χ4v) is 4.09. The Labute approximate surface area is 196 Å². The van der Waals surface area contributed by atoms with Gasteiger partial charge in [-0.2, -0.15) is 0 Å². The topological polar surface area (TPSA) is 84.3 Å². The summed E-state index contributed by atoms with van der Waals surface area (Å²) in [5, 5.41) is 2.95. The SMILES string of the molecule is O=C(NCc1cccc(Cn2ccnc2)c1)c1cccc(CN2C(=O)c3ccccc3C2=O)c1. The zero-order valence-electron chi connectivity index (χ0n) is 18.3. The number of carbonyl (C=O) groups is 3. The van der Waals surface area contributed by atoms with Crippen molar-refractivity contribution in [3.63, 3.8) is 0 Å². The van der Waals surface area contributed by atoms with Crippen LogP contribution >= 0.6 is 0 Å². The van der Waals surface area contributed by atoms with Crippen molar-refractivity contribution in [1.82, 2.24) is 19.8 Å². The van der Waals surface area contributed by atoms with E-state index in [4.69, 9.17) is 0 Å². The highest BCUT2D eigenvalue weighted by atomic mass is 16.2. The molecule has 0 saturated heterocycles. The number of nitrogens with zero attached hydrogens (tertiary/aromatic N) is 3. The zero-order valence-corrected chi connectivity index (χ0v) is 18.3. The van der Waals surface area contributed by atoms with Crippen LogP contribution in [0.4, 0.5) is 0 Å². The molecule has 4 aromatic rings. The first kappa shape index (κ1) is 21.3. The lowest BCUT2D eigenvalue weighted by molar-refractivity contribution is 0.0642. The molecule has 3 aromatic carbocycles. The summed E-state index contributed by atoms with van der Waals surface area (Å²) in [4.78, 5) is 43.3. The number of fused-ring (bicyclic) bond motifs is 1. The van der Waals surface area contributed by atoms with Gasteiger partial charge in [-0.15, -0.1) is 0 Å². The largest absolute Gasteiger partial charge is 0.348 e. The van der Waals surface area contributed by atoms with Gasteiger partial charge in [0.1, 0.15) is 0 Å². The number of hydrogen-bond acceptors (Lipinski definition) is 4. The Hall–Kier alpha value is -4.52. The molecule has 0 radical (unpaired) electrons. The molecule has 1 N–H and O–H groups in total. The van der Waals surface area contributed by atoms with Crippen molar-refractivity contribution < 1.29 is 14.4 Å². The number of hydrogen-bond donors (Lipinski definition) is 1. The van der Waals surface area contributed by atoms with Crippen LogP contribution in [-0.4, -0.2) is 32.2 Å². The van der Waals surface area contributed by atoms with Gasteiger partial charge in [0.25, 0.3) is 17.7 Å². The van der Waals surface area contributed by atoms with Crippen LogP contribution in [0.5, 0.6) is 0 Å². The molecule has 7 nitrogen and oxygen atoms in total. The lowest BCUT2D eigenvalue weighted by atomic mass is 10.1. The number of rotatable bonds is 7. The van der Waals surface area contributed by atoms with Crippen LogP contribution in [0.3, 0.4) is 0 Å². The molecule has 1 aliphatic rings. The van der Waals surface area contributed by atoms with Gasteiger partial charge in [0.05, 0.1) is 24.0 Å². The van der Waals surface area contributed by atoms with Gasteiger partial charge < -0.3 is 9.88 Å². The Kier molecular flexibility index (Phi) is 5.74. The molecule has 5 rings (SSSR count). The van der Waals surface area contributed by atoms with Crippen molar-refractivity contribution in [2.45, 2.75) is 19.6 Å². The second-order valence-corrected chi connectivity index (χ2v) is 8.18. The molecule has 0 atom stereocenters. The first-order valence-electron chi connectivity index (χ1n) is 10.9. The summed E-state index contributed by atoms with van der Waals surface area (Å²) >= 11 is 0. The number of aromatic nitrogens is 2. The summed E-state index contributed by atoms with van der Waals surface area (Å²) in [6, 6.07) is 21.8. The highest BCUT2D eigenvalue weighted by molar-refractivity contribution is 6.21. The molecule has 0 aliphatic carbocycles. The summed E-state index contributed by atoms with van der Waals surface area (Å²) in [6.45, 7) is 1.21. The molecule has 1 aromatic heterocycles. The maximum Gasteiger partial charge on any atom is 0.261 e. The Bertz CT molecular complexity index is 1340. The molecule has 0 fully saturated rings. The average Bonchev–Trinajstić information content (AvgIpc) is 3.46. The third-order valence-electron chi connectivity index (χ3n) is 5.78. The van der Waals surface area contributed by atoms with E-state index in [9.17, 15) is 14.4 Å². The van der Waals surface area contributed by atoms with Crippen LogP contribution in [0.1, 0.15) is 47.8 Å². The predicted octanol–water partition coefficient (Wildman–Crippen LogP) is 3.66. The van der Waals surface area contributed by atoms with Gasteiger partial charge in [0.2, 0.25) is 0 Å². The second kappa shape index (κ2) is 9.15. The van der Waals surface area contributed by atoms with E-state index >= 15 is 0 Å². The lowest BCUT2D eigenvalue weighted by Gasteiger charge is -2.14. The Balaban J connectivity index is 1.23. The lowest BCUT2D eigenvalue weighted by Crippen LogP contribution is -2.29. The van der Waals surface area contributed by atoms with Crippen LogP contribution < -0.4 is 5.32 Å². The van der Waals surface area contributed by atoms with Gasteiger partial charge in [-0.05, 0) is 41.0 Å². The van der Waals surface area contributed by atoms with Crippen LogP contribution in [-0.2, 0) is 19.6 Å². The smallest absolute Gasteiger partial charge is 0.261 e. The van der Waals surface area contributed by atoms with E-state index in [1.807, 2.05) is 29.0 Å². The number of nitrogens with one attached hydrogen (secondary N) is 1. The van der Waals surface area contributed by atoms with E-state index in [2.05, 4.69) is 16.4 Å². The Morgan fingerprint density at radius 1 is 0.794 bits per heavy atom. The van der Waals surface area contributed by atoms with E-state index < -0.39 is 0 Å². The highest BCUT2D eigenvalue weighted by Crippen LogP contribution is 2.24. The molecule has 3 amide bonds. The number of carbonyl (C=O) groups excluding carboxylic acids is 3. The third kappa shape index (κ3) is 4.36. The summed E-state index contributed by atoms with van der Waals surface area (Å²) in [5.74, 6) is -0.846. The molecule has 0 saturated carbocycles. The van der Waals surface area contributed by atoms with Crippen molar-refractivity contribution >= 4 is 17.7 Å². The molecule has 1 aliphatic heterocycles. The normalized spacial score (nSPS) is 12.6. The maximum absolute atomic E-state index is 12.8. The second-order valence-electron chi connectivity index (χ2n) is 8.18. The van der Waals surface area contributed by atoms with Gasteiger partial charge in [0.15, 0.2) is 0 Å². The first-order valence-corrected chi connectivity index (χ1v) is 10.9. The predicted molar refractivity (Wildman–Crippen MR) is 126 cm³/mol. The standard InChI is InChI=1S/C27H22N4O3/c32-25(29-15-19-5-3-6-20(13-19)16-30-12-11-28-18-30)22-8-4-7-21(14-22)17-31-26(33)23-9-1-2-10-24(23)27(31)34/h1-14,18H,15-17H2,(H,29,32). The quantitative estimate of drug-likeness (QED) is 0.436. The number of amides is 3. The fourth-order valence-electron chi connectivity index (χ4n) is 4.09. The Morgan fingerprint density at radius 3 is 2.18 bits per heavy atom. The van der Waals surface area contributed by atoms with E-state index in [1.54, 1.807) is 61.1 Å². The summed E-state index contributed by atoms with van der Waals surface area (Å²) in [5.41, 5.74) is 4.13. The molecule has 0 spiro atoms. The molecule has 7 heteroatoms. The molecule has 2 heterocycles. The van der Waals surface area contributed by atoms with Crippen molar-refractivity contribution in [3.05, 3.63) is 125 Å². The highest BCUT2D eigenvalue weighted by Gasteiger charge is 2.34. The molecule has 0 bridgehead atoms. The van der Waals surface area contributed by atoms with E-state index in [0.29, 0.717) is 35.3 Å².